The standard InChI is InChI=1S/C20H26ClN.C18H23ClN2/c1-12-14(19-17(21)8-5-9-18(19)22-12)7-4-6-13-10-15-16(11-13)20(15,2)3;1-18(2)13-9-12(10-14(13)18)5-4-8-21-11-20-16-7-3-6-15(19)17(16)21/h5,8-9,13,15-16,22H,4,6-7,10-11H2,1-3H3;3,6-7,11-14H,4-5,8-10H2,1-2H3/t13?,15-,16+;12?,13-,14+. The molecule has 0 saturated heterocycles. The number of aryl methyl sites for hydroxylation is 3. The number of halogens is 2. The van der Waals surface area contributed by atoms with E-state index in [1.54, 1.807) is 0 Å². The highest BCUT2D eigenvalue weighted by Crippen LogP contribution is 2.69. The maximum Gasteiger partial charge on any atom is 0.0958 e. The van der Waals surface area contributed by atoms with Crippen molar-refractivity contribution in [2.24, 2.45) is 46.3 Å². The van der Waals surface area contributed by atoms with Gasteiger partial charge < -0.3 is 9.55 Å². The van der Waals surface area contributed by atoms with Crippen LogP contribution < -0.4 is 0 Å². The van der Waals surface area contributed by atoms with Gasteiger partial charge in [-0.05, 0) is 134 Å². The van der Waals surface area contributed by atoms with Crippen LogP contribution >= 0.6 is 23.2 Å². The molecule has 5 heteroatoms. The van der Waals surface area contributed by atoms with Gasteiger partial charge in [0.15, 0.2) is 0 Å². The molecule has 3 nitrogen and oxygen atoms in total. The summed E-state index contributed by atoms with van der Waals surface area (Å²) in [6, 6.07) is 12.1. The summed E-state index contributed by atoms with van der Waals surface area (Å²) < 4.78 is 2.22. The zero-order chi connectivity index (χ0) is 30.1. The highest BCUT2D eigenvalue weighted by molar-refractivity contribution is 6.36. The van der Waals surface area contributed by atoms with Gasteiger partial charge in [-0.25, -0.2) is 4.98 Å². The number of para-hydroxylation sites is 1. The van der Waals surface area contributed by atoms with Crippen LogP contribution in [0.1, 0.15) is 90.3 Å². The van der Waals surface area contributed by atoms with E-state index in [0.717, 1.165) is 69.6 Å². The lowest BCUT2D eigenvalue weighted by Gasteiger charge is -2.17. The van der Waals surface area contributed by atoms with Gasteiger partial charge in [-0.15, -0.1) is 0 Å². The first kappa shape index (κ1) is 29.7. The van der Waals surface area contributed by atoms with Gasteiger partial charge in [-0.1, -0.05) is 69.5 Å². The number of aromatic amines is 1. The lowest BCUT2D eigenvalue weighted by molar-refractivity contribution is 0.348. The normalized spacial score (nSPS) is 29.4. The summed E-state index contributed by atoms with van der Waals surface area (Å²) in [6.45, 7) is 13.0. The van der Waals surface area contributed by atoms with Crippen LogP contribution in [0.5, 0.6) is 0 Å². The molecule has 4 aromatic rings. The molecule has 0 radical (unpaired) electrons. The first-order valence-electron chi connectivity index (χ1n) is 16.9. The first-order chi connectivity index (χ1) is 20.6. The van der Waals surface area contributed by atoms with Crippen molar-refractivity contribution in [3.8, 4) is 0 Å². The Morgan fingerprint density at radius 3 is 2.05 bits per heavy atom. The highest BCUT2D eigenvalue weighted by atomic mass is 35.5. The summed E-state index contributed by atoms with van der Waals surface area (Å²) in [5.41, 5.74) is 7.33. The molecule has 230 valence electrons. The Morgan fingerprint density at radius 1 is 0.814 bits per heavy atom. The van der Waals surface area contributed by atoms with Crippen LogP contribution in [0.4, 0.5) is 0 Å². The molecular weight excluding hydrogens is 569 g/mol. The highest BCUT2D eigenvalue weighted by Gasteiger charge is 2.62. The van der Waals surface area contributed by atoms with Crippen LogP contribution in [-0.4, -0.2) is 14.5 Å². The number of benzene rings is 2. The van der Waals surface area contributed by atoms with Gasteiger partial charge in [0.25, 0.3) is 0 Å². The van der Waals surface area contributed by atoms with Crippen molar-refractivity contribution >= 4 is 45.1 Å². The Bertz CT molecular complexity index is 1600. The third-order valence-electron chi connectivity index (χ3n) is 12.7. The number of nitrogens with one attached hydrogen (secondary N) is 1. The molecule has 4 aliphatic carbocycles. The Balaban J connectivity index is 0.000000140. The second-order valence-electron chi connectivity index (χ2n) is 15.7. The molecule has 1 N–H and O–H groups in total. The van der Waals surface area contributed by atoms with E-state index in [0.29, 0.717) is 10.8 Å². The Hall–Kier alpha value is -1.97. The van der Waals surface area contributed by atoms with Crippen molar-refractivity contribution in [3.63, 3.8) is 0 Å². The van der Waals surface area contributed by atoms with Gasteiger partial charge in [0.2, 0.25) is 0 Å². The third-order valence-corrected chi connectivity index (χ3v) is 13.3. The summed E-state index contributed by atoms with van der Waals surface area (Å²) in [6.07, 6.45) is 14.2. The number of fused-ring (bicyclic) bond motifs is 4. The molecule has 2 aromatic heterocycles. The molecule has 0 amide bonds. The molecule has 4 fully saturated rings. The van der Waals surface area contributed by atoms with Crippen molar-refractivity contribution in [2.75, 3.05) is 0 Å². The Kier molecular flexibility index (Phi) is 7.69. The first-order valence-corrected chi connectivity index (χ1v) is 17.7. The zero-order valence-electron chi connectivity index (χ0n) is 26.7. The number of rotatable bonds is 8. The smallest absolute Gasteiger partial charge is 0.0958 e. The SMILES string of the molecule is CC1(C)[C@@H]2CC(CCCn3cnc4cccc(Cl)c43)C[C@@H]21.Cc1[nH]c2cccc(Cl)c2c1CCCC1C[C@@H]2[C@H](C1)C2(C)C. The maximum absolute atomic E-state index is 6.42. The summed E-state index contributed by atoms with van der Waals surface area (Å²) in [5.74, 6) is 6.03. The van der Waals surface area contributed by atoms with Crippen molar-refractivity contribution in [1.82, 2.24) is 14.5 Å². The molecular formula is C38H49Cl2N3. The minimum Gasteiger partial charge on any atom is -0.358 e. The van der Waals surface area contributed by atoms with Gasteiger partial charge in [-0.3, -0.25) is 0 Å². The quantitative estimate of drug-likeness (QED) is 0.209. The summed E-state index contributed by atoms with van der Waals surface area (Å²) in [4.78, 5) is 7.93. The Labute approximate surface area is 268 Å². The van der Waals surface area contributed by atoms with E-state index in [9.17, 15) is 0 Å². The van der Waals surface area contributed by atoms with Crippen LogP contribution in [0.2, 0.25) is 10.0 Å². The van der Waals surface area contributed by atoms with Crippen LogP contribution in [-0.2, 0) is 13.0 Å². The van der Waals surface area contributed by atoms with Gasteiger partial charge in [0, 0.05) is 23.1 Å². The molecule has 4 aliphatic rings. The zero-order valence-corrected chi connectivity index (χ0v) is 28.2. The van der Waals surface area contributed by atoms with Crippen molar-refractivity contribution in [1.29, 1.82) is 0 Å². The van der Waals surface area contributed by atoms with Crippen LogP contribution in [0.25, 0.3) is 21.9 Å². The molecule has 8 rings (SSSR count). The fourth-order valence-corrected chi connectivity index (χ4v) is 10.3. The number of hydrogen-bond acceptors (Lipinski definition) is 1. The average Bonchev–Trinajstić information content (AvgIpc) is 3.48. The molecule has 0 spiro atoms. The second-order valence-corrected chi connectivity index (χ2v) is 16.5. The molecule has 0 aliphatic heterocycles. The van der Waals surface area contributed by atoms with E-state index in [1.165, 1.54) is 73.5 Å². The van der Waals surface area contributed by atoms with Crippen molar-refractivity contribution in [2.45, 2.75) is 99.0 Å². The van der Waals surface area contributed by atoms with E-state index in [-0.39, 0.29) is 0 Å². The predicted molar refractivity (Wildman–Crippen MR) is 182 cm³/mol. The second kappa shape index (κ2) is 11.1. The van der Waals surface area contributed by atoms with E-state index < -0.39 is 0 Å². The summed E-state index contributed by atoms with van der Waals surface area (Å²) >= 11 is 12.7. The predicted octanol–water partition coefficient (Wildman–Crippen LogP) is 11.3. The van der Waals surface area contributed by atoms with Crippen LogP contribution in [0.3, 0.4) is 0 Å². The third kappa shape index (κ3) is 5.45. The van der Waals surface area contributed by atoms with Crippen molar-refractivity contribution < 1.29 is 0 Å². The molecule has 43 heavy (non-hydrogen) atoms. The van der Waals surface area contributed by atoms with Crippen LogP contribution in [0, 0.1) is 53.3 Å². The number of aromatic nitrogens is 3. The largest absolute Gasteiger partial charge is 0.358 e. The minimum atomic E-state index is 0.657. The lowest BCUT2D eigenvalue weighted by Crippen LogP contribution is -2.07. The molecule has 2 unspecified atom stereocenters. The fourth-order valence-electron chi connectivity index (χ4n) is 9.77. The molecule has 2 heterocycles. The topological polar surface area (TPSA) is 33.6 Å². The lowest BCUT2D eigenvalue weighted by atomic mass is 9.89. The van der Waals surface area contributed by atoms with E-state index in [4.69, 9.17) is 23.2 Å². The maximum atomic E-state index is 6.42. The van der Waals surface area contributed by atoms with Gasteiger partial charge >= 0.3 is 0 Å². The molecule has 0 bridgehead atoms. The van der Waals surface area contributed by atoms with E-state index in [2.05, 4.69) is 55.2 Å². The summed E-state index contributed by atoms with van der Waals surface area (Å²) in [5, 5.41) is 2.95. The number of nitrogens with zero attached hydrogens (tertiary/aromatic N) is 2. The van der Waals surface area contributed by atoms with E-state index >= 15 is 0 Å². The molecule has 6 atom stereocenters. The van der Waals surface area contributed by atoms with Crippen molar-refractivity contribution in [3.05, 3.63) is 64.0 Å². The Morgan fingerprint density at radius 2 is 1.40 bits per heavy atom. The average molecular weight is 619 g/mol. The summed E-state index contributed by atoms with van der Waals surface area (Å²) in [7, 11) is 0. The van der Waals surface area contributed by atoms with E-state index in [1.807, 2.05) is 36.7 Å². The number of H-pyrrole nitrogens is 1. The van der Waals surface area contributed by atoms with Gasteiger partial charge in [-0.2, -0.15) is 0 Å². The minimum absolute atomic E-state index is 0.657. The molecule has 2 aromatic carbocycles. The number of imidazole rings is 1. The van der Waals surface area contributed by atoms with Gasteiger partial charge in [0.05, 0.1) is 27.4 Å². The monoisotopic (exact) mass is 617 g/mol. The van der Waals surface area contributed by atoms with Gasteiger partial charge in [0.1, 0.15) is 0 Å². The number of hydrogen-bond donors (Lipinski definition) is 1. The molecule has 4 saturated carbocycles. The fraction of sp³-hybridized carbons (Fsp3) is 0.605. The van der Waals surface area contributed by atoms with Crippen LogP contribution in [0.15, 0.2) is 42.7 Å².